The number of aliphatic hydroxyl groups is 2. The second kappa shape index (κ2) is 7.39. The molecule has 0 radical (unpaired) electrons. The van der Waals surface area contributed by atoms with E-state index in [0.717, 1.165) is 12.1 Å². The van der Waals surface area contributed by atoms with Gasteiger partial charge in [-0.15, -0.1) is 0 Å². The van der Waals surface area contributed by atoms with Crippen molar-refractivity contribution in [2.45, 2.75) is 17.0 Å². The summed E-state index contributed by atoms with van der Waals surface area (Å²) < 4.78 is 15.0. The van der Waals surface area contributed by atoms with Crippen LogP contribution in [0, 0.1) is 10.1 Å². The summed E-state index contributed by atoms with van der Waals surface area (Å²) in [5, 5.41) is 32.2. The van der Waals surface area contributed by atoms with Crippen molar-refractivity contribution >= 4 is 34.8 Å². The molecule has 0 heterocycles. The smallest absolute Gasteiger partial charge is 0.269 e. The third-order valence-corrected chi connectivity index (χ3v) is 2.78. The van der Waals surface area contributed by atoms with E-state index in [9.17, 15) is 25.1 Å². The Hall–Kier alpha value is -1.41. The third kappa shape index (κ3) is 4.31. The second-order valence-corrected chi connectivity index (χ2v) is 4.82. The molecule has 20 heavy (non-hydrogen) atoms. The predicted octanol–water partition coefficient (Wildman–Crippen LogP) is 0.909. The van der Waals surface area contributed by atoms with Crippen molar-refractivity contribution in [1.82, 2.24) is 5.32 Å². The Morgan fingerprint density at radius 1 is 1.50 bits per heavy atom. The van der Waals surface area contributed by atoms with Crippen LogP contribution < -0.4 is 5.32 Å². The number of nitrogens with zero attached hydrogens (tertiary/aromatic N) is 1. The van der Waals surface area contributed by atoms with E-state index in [1.165, 1.54) is 0 Å². The number of aliphatic hydroxyl groups excluding tert-OH is 2. The summed E-state index contributed by atoms with van der Waals surface area (Å²) in [7, 11) is 0. The van der Waals surface area contributed by atoms with Crippen molar-refractivity contribution in [3.63, 3.8) is 0 Å². The summed E-state index contributed by atoms with van der Waals surface area (Å²) in [5.74, 6) is -0.847. The highest BCUT2D eigenvalue weighted by Gasteiger charge is 2.24. The fourth-order valence-corrected chi connectivity index (χ4v) is 1.49. The number of amides is 1. The molecule has 0 fully saturated rings. The number of nitrogens with one attached hydrogen (secondary N) is 1. The SMILES string of the molecule is [3H]c1cc([C@@H](O)[C@@H](CO)NC(=O)C(Cl)Cl)cc([3H])c1[N+](=O)[O-]. The fourth-order valence-electron chi connectivity index (χ4n) is 1.37. The van der Waals surface area contributed by atoms with Gasteiger partial charge in [0.1, 0.15) is 6.10 Å². The Morgan fingerprint density at radius 3 is 2.45 bits per heavy atom. The average Bonchev–Trinajstić information content (AvgIpc) is 2.42. The molecule has 0 aliphatic rings. The lowest BCUT2D eigenvalue weighted by molar-refractivity contribution is -0.384. The number of nitro benzene ring substituents is 1. The van der Waals surface area contributed by atoms with Crippen LogP contribution in [-0.2, 0) is 4.79 Å². The van der Waals surface area contributed by atoms with Crippen molar-refractivity contribution in [3.8, 4) is 0 Å². The number of hydrogen-bond acceptors (Lipinski definition) is 5. The molecule has 1 rings (SSSR count). The summed E-state index contributed by atoms with van der Waals surface area (Å²) in [4.78, 5) is 19.8. The van der Waals surface area contributed by atoms with Gasteiger partial charge in [-0.1, -0.05) is 23.2 Å². The van der Waals surface area contributed by atoms with Crippen molar-refractivity contribution in [1.29, 1.82) is 0 Å². The summed E-state index contributed by atoms with van der Waals surface area (Å²) in [5.41, 5.74) is -0.747. The first-order valence-electron chi connectivity index (χ1n) is 6.32. The van der Waals surface area contributed by atoms with E-state index in [4.69, 9.17) is 25.9 Å². The molecule has 0 aliphatic carbocycles. The fraction of sp³-hybridized carbons (Fsp3) is 0.364. The average molecular weight is 327 g/mol. The summed E-state index contributed by atoms with van der Waals surface area (Å²) in [6.45, 7) is -0.676. The molecular weight excluding hydrogens is 311 g/mol. The maximum absolute atomic E-state index is 11.4. The number of carbonyl (C=O) groups is 1. The number of nitro groups is 1. The summed E-state index contributed by atoms with van der Waals surface area (Å²) in [6.07, 6.45) is -1.50. The van der Waals surface area contributed by atoms with Gasteiger partial charge in [0.2, 0.25) is 0 Å². The Bertz CT molecular complexity index is 565. The largest absolute Gasteiger partial charge is 0.394 e. The van der Waals surface area contributed by atoms with Crippen molar-refractivity contribution in [3.05, 3.63) is 39.9 Å². The van der Waals surface area contributed by atoms with Gasteiger partial charge in [-0.05, 0) is 17.7 Å². The first kappa shape index (κ1) is 13.6. The minimum atomic E-state index is -1.50. The Kier molecular flexibility index (Phi) is 5.02. The lowest BCUT2D eigenvalue weighted by Gasteiger charge is -2.22. The van der Waals surface area contributed by atoms with Crippen LogP contribution >= 0.6 is 23.2 Å². The van der Waals surface area contributed by atoms with Gasteiger partial charge in [0, 0.05) is 12.1 Å². The zero-order valence-corrected chi connectivity index (χ0v) is 11.4. The molecule has 0 saturated carbocycles. The standard InChI is InChI=1S/C11H12Cl2N2O5/c12-10(13)11(18)14-8(5-16)9(17)6-1-3-7(4-2-6)15(19)20/h1-4,8-10,16-17H,5H2,(H,14,18)/t8-,9-/m1/s1/i3T,4T. The zero-order chi connectivity index (χ0) is 17.0. The molecule has 0 saturated heterocycles. The highest BCUT2D eigenvalue weighted by atomic mass is 35.5. The molecule has 0 spiro atoms. The number of hydrogen-bond donors (Lipinski definition) is 3. The highest BCUT2D eigenvalue weighted by Crippen LogP contribution is 2.20. The van der Waals surface area contributed by atoms with Gasteiger partial charge in [0.05, 0.1) is 20.3 Å². The molecule has 1 aromatic rings. The van der Waals surface area contributed by atoms with Crippen LogP contribution in [0.3, 0.4) is 0 Å². The van der Waals surface area contributed by atoms with Crippen LogP contribution in [0.4, 0.5) is 5.69 Å². The molecule has 1 amide bonds. The van der Waals surface area contributed by atoms with Crippen LogP contribution in [0.15, 0.2) is 24.2 Å². The minimum Gasteiger partial charge on any atom is -0.394 e. The van der Waals surface area contributed by atoms with E-state index in [0.29, 0.717) is 0 Å². The number of rotatable bonds is 6. The molecule has 1 aromatic carbocycles. The van der Waals surface area contributed by atoms with E-state index < -0.39 is 52.2 Å². The normalized spacial score (nSPS) is 15.2. The molecule has 9 heteroatoms. The monoisotopic (exact) mass is 326 g/mol. The van der Waals surface area contributed by atoms with E-state index in [-0.39, 0.29) is 5.56 Å². The van der Waals surface area contributed by atoms with E-state index in [2.05, 4.69) is 5.32 Å². The second-order valence-electron chi connectivity index (χ2n) is 3.73. The van der Waals surface area contributed by atoms with E-state index in [1.807, 2.05) is 0 Å². The number of benzene rings is 1. The highest BCUT2D eigenvalue weighted by molar-refractivity contribution is 6.53. The number of alkyl halides is 2. The van der Waals surface area contributed by atoms with Gasteiger partial charge < -0.3 is 15.5 Å². The van der Waals surface area contributed by atoms with E-state index >= 15 is 0 Å². The van der Waals surface area contributed by atoms with E-state index in [1.54, 1.807) is 0 Å². The molecule has 0 aromatic heterocycles. The Balaban J connectivity index is 3.08. The van der Waals surface area contributed by atoms with Gasteiger partial charge >= 0.3 is 0 Å². The van der Waals surface area contributed by atoms with Crippen molar-refractivity contribution in [2.24, 2.45) is 0 Å². The first-order valence-corrected chi connectivity index (χ1v) is 6.19. The first-order chi connectivity index (χ1) is 10.2. The Labute approximate surface area is 127 Å². The maximum atomic E-state index is 11.4. The van der Waals surface area contributed by atoms with Crippen LogP contribution in [0.2, 0.25) is 0 Å². The van der Waals surface area contributed by atoms with Gasteiger partial charge in [-0.3, -0.25) is 14.9 Å². The third-order valence-electron chi connectivity index (χ3n) is 2.38. The molecule has 0 bridgehead atoms. The predicted molar refractivity (Wildman–Crippen MR) is 72.6 cm³/mol. The summed E-state index contributed by atoms with van der Waals surface area (Å²) in [6, 6.07) is -0.375. The van der Waals surface area contributed by atoms with Crippen LogP contribution in [0.25, 0.3) is 0 Å². The van der Waals surface area contributed by atoms with Gasteiger partial charge in [0.15, 0.2) is 4.84 Å². The van der Waals surface area contributed by atoms with Gasteiger partial charge in [-0.25, -0.2) is 0 Å². The molecular formula is C11H12Cl2N2O5. The molecule has 0 aliphatic heterocycles. The minimum absolute atomic E-state index is 0.0411. The van der Waals surface area contributed by atoms with Crippen molar-refractivity contribution < 1.29 is 22.7 Å². The maximum Gasteiger partial charge on any atom is 0.269 e. The van der Waals surface area contributed by atoms with Gasteiger partial charge in [0.25, 0.3) is 11.6 Å². The quantitative estimate of drug-likeness (QED) is 0.408. The summed E-state index contributed by atoms with van der Waals surface area (Å²) >= 11 is 10.7. The lowest BCUT2D eigenvalue weighted by atomic mass is 10.0. The van der Waals surface area contributed by atoms with Crippen LogP contribution in [-0.4, -0.2) is 38.5 Å². The van der Waals surface area contributed by atoms with Gasteiger partial charge in [-0.2, -0.15) is 0 Å². The van der Waals surface area contributed by atoms with Crippen molar-refractivity contribution in [2.75, 3.05) is 6.61 Å². The van der Waals surface area contributed by atoms with Crippen LogP contribution in [0.1, 0.15) is 14.4 Å². The molecule has 110 valence electrons. The molecule has 0 unspecified atom stereocenters. The topological polar surface area (TPSA) is 113 Å². The zero-order valence-electron chi connectivity index (χ0n) is 11.9. The lowest BCUT2D eigenvalue weighted by Crippen LogP contribution is -2.44. The van der Waals surface area contributed by atoms with Crippen LogP contribution in [0.5, 0.6) is 0 Å². The molecule has 3 N–H and O–H groups in total. The Morgan fingerprint density at radius 2 is 2.05 bits per heavy atom. The number of carbonyl (C=O) groups excluding carboxylic acids is 1. The molecule has 2 atom stereocenters. The number of halogens is 2. The molecule has 7 nitrogen and oxygen atoms in total.